The zero-order chi connectivity index (χ0) is 21.6. The molecule has 2 amide bonds. The first-order chi connectivity index (χ1) is 15.1. The third-order valence-electron chi connectivity index (χ3n) is 5.02. The lowest BCUT2D eigenvalue weighted by atomic mass is 10.0. The van der Waals surface area contributed by atoms with Crippen molar-refractivity contribution in [2.75, 3.05) is 13.2 Å². The van der Waals surface area contributed by atoms with Crippen molar-refractivity contribution in [2.45, 2.75) is 18.6 Å². The molecule has 1 aliphatic rings. The number of rotatable bonds is 5. The molecule has 2 heterocycles. The number of halogens is 1. The average molecular weight is 437 g/mol. The van der Waals surface area contributed by atoms with E-state index in [1.807, 2.05) is 48.5 Å². The van der Waals surface area contributed by atoms with E-state index < -0.39 is 6.10 Å². The van der Waals surface area contributed by atoms with Crippen molar-refractivity contribution in [3.63, 3.8) is 0 Å². The second kappa shape index (κ2) is 9.68. The van der Waals surface area contributed by atoms with Crippen LogP contribution in [0.4, 0.5) is 0 Å². The van der Waals surface area contributed by atoms with Crippen LogP contribution in [0.25, 0.3) is 11.1 Å². The van der Waals surface area contributed by atoms with E-state index in [4.69, 9.17) is 16.3 Å². The number of amides is 2. The lowest BCUT2D eigenvalue weighted by Gasteiger charge is -2.18. The Morgan fingerprint density at radius 2 is 1.97 bits per heavy atom. The molecule has 1 fully saturated rings. The smallest absolute Gasteiger partial charge is 0.271 e. The summed E-state index contributed by atoms with van der Waals surface area (Å²) in [6.07, 6.45) is 1.37. The van der Waals surface area contributed by atoms with E-state index in [-0.39, 0.29) is 30.1 Å². The summed E-state index contributed by atoms with van der Waals surface area (Å²) < 4.78 is 5.86. The fourth-order valence-corrected chi connectivity index (χ4v) is 3.53. The summed E-state index contributed by atoms with van der Waals surface area (Å²) in [5, 5.41) is 13.9. The molecule has 1 aliphatic heterocycles. The molecule has 0 saturated carbocycles. The van der Waals surface area contributed by atoms with Crippen LogP contribution in [-0.2, 0) is 9.53 Å². The third-order valence-corrected chi connectivity index (χ3v) is 5.27. The van der Waals surface area contributed by atoms with E-state index in [0.29, 0.717) is 18.1 Å². The maximum atomic E-state index is 12.8. The summed E-state index contributed by atoms with van der Waals surface area (Å²) in [6, 6.07) is 18.2. The van der Waals surface area contributed by atoms with Gasteiger partial charge in [-0.05, 0) is 53.4 Å². The number of hydrogen-bond donors (Lipinski definition) is 2. The van der Waals surface area contributed by atoms with Crippen molar-refractivity contribution in [3.8, 4) is 11.1 Å². The molecule has 3 aromatic rings. The molecule has 0 unspecified atom stereocenters. The van der Waals surface area contributed by atoms with E-state index in [1.165, 1.54) is 6.20 Å². The number of aromatic nitrogens is 2. The minimum Gasteiger partial charge on any atom is -0.364 e. The average Bonchev–Trinajstić information content (AvgIpc) is 2.99. The molecule has 158 valence electrons. The molecule has 2 N–H and O–H groups in total. The fraction of sp³-hybridized carbons (Fsp3) is 0.217. The molecular weight excluding hydrogens is 416 g/mol. The maximum Gasteiger partial charge on any atom is 0.271 e. The molecule has 0 bridgehead atoms. The van der Waals surface area contributed by atoms with E-state index in [0.717, 1.165) is 16.7 Å². The van der Waals surface area contributed by atoms with E-state index in [2.05, 4.69) is 20.8 Å². The first kappa shape index (κ1) is 21.0. The second-order valence-corrected chi connectivity index (χ2v) is 7.63. The van der Waals surface area contributed by atoms with Gasteiger partial charge in [-0.25, -0.2) is 0 Å². The van der Waals surface area contributed by atoms with Crippen LogP contribution in [0, 0.1) is 0 Å². The summed E-state index contributed by atoms with van der Waals surface area (Å²) in [4.78, 5) is 25.0. The first-order valence-electron chi connectivity index (χ1n) is 9.94. The zero-order valence-electron chi connectivity index (χ0n) is 16.6. The molecule has 0 radical (unpaired) electrons. The predicted octanol–water partition coefficient (Wildman–Crippen LogP) is 3.17. The van der Waals surface area contributed by atoms with E-state index >= 15 is 0 Å². The molecule has 31 heavy (non-hydrogen) atoms. The highest BCUT2D eigenvalue weighted by atomic mass is 35.5. The van der Waals surface area contributed by atoms with Gasteiger partial charge in [0, 0.05) is 23.8 Å². The molecule has 7 nitrogen and oxygen atoms in total. The van der Waals surface area contributed by atoms with Crippen LogP contribution in [-0.4, -0.2) is 41.2 Å². The molecule has 1 aromatic heterocycles. The van der Waals surface area contributed by atoms with Crippen molar-refractivity contribution in [3.05, 3.63) is 83.1 Å². The number of carbonyl (C=O) groups excluding carboxylic acids is 2. The number of nitrogens with zero attached hydrogens (tertiary/aromatic N) is 2. The highest BCUT2D eigenvalue weighted by molar-refractivity contribution is 6.30. The number of carbonyl (C=O) groups is 2. The topological polar surface area (TPSA) is 93.2 Å². The molecule has 2 aromatic carbocycles. The number of nitrogens with one attached hydrogen (secondary N) is 2. The summed E-state index contributed by atoms with van der Waals surface area (Å²) >= 11 is 5.98. The van der Waals surface area contributed by atoms with Gasteiger partial charge >= 0.3 is 0 Å². The molecule has 1 saturated heterocycles. The molecule has 4 rings (SSSR count). The monoisotopic (exact) mass is 436 g/mol. The van der Waals surface area contributed by atoms with Gasteiger partial charge in [0.25, 0.3) is 11.8 Å². The predicted molar refractivity (Wildman–Crippen MR) is 116 cm³/mol. The maximum absolute atomic E-state index is 12.8. The summed E-state index contributed by atoms with van der Waals surface area (Å²) in [7, 11) is 0. The Hall–Kier alpha value is -3.29. The molecule has 2 atom stereocenters. The van der Waals surface area contributed by atoms with Crippen LogP contribution in [0.3, 0.4) is 0 Å². The van der Waals surface area contributed by atoms with E-state index in [9.17, 15) is 9.59 Å². The first-order valence-corrected chi connectivity index (χ1v) is 10.3. The Kier molecular flexibility index (Phi) is 6.54. The Morgan fingerprint density at radius 3 is 2.74 bits per heavy atom. The third kappa shape index (κ3) is 5.25. The Bertz CT molecular complexity index is 1060. The van der Waals surface area contributed by atoms with Gasteiger partial charge in [0.15, 0.2) is 11.8 Å². The van der Waals surface area contributed by atoms with Gasteiger partial charge in [0.2, 0.25) is 0 Å². The highest BCUT2D eigenvalue weighted by Gasteiger charge is 2.28. The second-order valence-electron chi connectivity index (χ2n) is 7.20. The van der Waals surface area contributed by atoms with Crippen molar-refractivity contribution >= 4 is 23.4 Å². The van der Waals surface area contributed by atoms with Gasteiger partial charge in [-0.1, -0.05) is 41.9 Å². The number of benzene rings is 2. The van der Waals surface area contributed by atoms with Crippen LogP contribution in [0.1, 0.15) is 28.6 Å². The summed E-state index contributed by atoms with van der Waals surface area (Å²) in [5.74, 6) is -0.566. The van der Waals surface area contributed by atoms with Crippen LogP contribution in [0.5, 0.6) is 0 Å². The minimum atomic E-state index is -0.715. The van der Waals surface area contributed by atoms with Crippen molar-refractivity contribution < 1.29 is 14.3 Å². The Labute approximate surface area is 184 Å². The van der Waals surface area contributed by atoms with Gasteiger partial charge in [0.1, 0.15) is 0 Å². The molecule has 8 heteroatoms. The van der Waals surface area contributed by atoms with Gasteiger partial charge in [-0.3, -0.25) is 9.59 Å². The lowest BCUT2D eigenvalue weighted by molar-refractivity contribution is -0.131. The number of ether oxygens (including phenoxy) is 1. The lowest BCUT2D eigenvalue weighted by Crippen LogP contribution is -2.44. The fourth-order valence-electron chi connectivity index (χ4n) is 3.41. The Balaban J connectivity index is 1.41. The zero-order valence-corrected chi connectivity index (χ0v) is 17.4. The Morgan fingerprint density at radius 1 is 1.13 bits per heavy atom. The van der Waals surface area contributed by atoms with Crippen molar-refractivity contribution in [1.29, 1.82) is 0 Å². The summed E-state index contributed by atoms with van der Waals surface area (Å²) in [6.45, 7) is 0.669. The number of hydrogen-bond acceptors (Lipinski definition) is 5. The largest absolute Gasteiger partial charge is 0.364 e. The molecule has 0 aliphatic carbocycles. The summed E-state index contributed by atoms with van der Waals surface area (Å²) in [5.41, 5.74) is 2.98. The van der Waals surface area contributed by atoms with Crippen LogP contribution in [0.2, 0.25) is 5.02 Å². The van der Waals surface area contributed by atoms with Gasteiger partial charge < -0.3 is 15.4 Å². The van der Waals surface area contributed by atoms with E-state index in [1.54, 1.807) is 12.1 Å². The minimum absolute atomic E-state index is 0.232. The quantitative estimate of drug-likeness (QED) is 0.640. The standard InChI is InChI=1S/C23H21ClN4O3/c24-18-8-6-15(7-9-18)16-3-1-4-17(13-16)21-23(30)27-19(10-12-31-21)14-25-22(29)20-5-2-11-26-28-20/h1-9,11,13,19,21H,10,12,14H2,(H,25,29)(H,27,30)/t19-,21-/m0/s1. The molecular formula is C23H21ClN4O3. The van der Waals surface area contributed by atoms with Gasteiger partial charge in [0.05, 0.1) is 6.61 Å². The molecule has 0 spiro atoms. The van der Waals surface area contributed by atoms with Crippen molar-refractivity contribution in [2.24, 2.45) is 0 Å². The van der Waals surface area contributed by atoms with Gasteiger partial charge in [-0.15, -0.1) is 5.10 Å². The highest BCUT2D eigenvalue weighted by Crippen LogP contribution is 2.27. The van der Waals surface area contributed by atoms with Gasteiger partial charge in [-0.2, -0.15) is 5.10 Å². The normalized spacial score (nSPS) is 18.7. The van der Waals surface area contributed by atoms with Crippen LogP contribution < -0.4 is 10.6 Å². The van der Waals surface area contributed by atoms with Crippen molar-refractivity contribution in [1.82, 2.24) is 20.8 Å². The SMILES string of the molecule is O=C(NC[C@@H]1CCO[C@@H](c2cccc(-c3ccc(Cl)cc3)c2)C(=O)N1)c1cccnn1. The van der Waals surface area contributed by atoms with Crippen LogP contribution >= 0.6 is 11.6 Å². The van der Waals surface area contributed by atoms with Crippen LogP contribution in [0.15, 0.2) is 66.9 Å².